The van der Waals surface area contributed by atoms with Gasteiger partial charge in [0.1, 0.15) is 0 Å². The monoisotopic (exact) mass is 193 g/mol. The van der Waals surface area contributed by atoms with Crippen LogP contribution in [0.2, 0.25) is 0 Å². The van der Waals surface area contributed by atoms with Gasteiger partial charge in [-0.3, -0.25) is 4.79 Å². The van der Waals surface area contributed by atoms with E-state index in [0.29, 0.717) is 24.2 Å². The van der Waals surface area contributed by atoms with Gasteiger partial charge >= 0.3 is 0 Å². The summed E-state index contributed by atoms with van der Waals surface area (Å²) >= 11 is 0. The third kappa shape index (κ3) is 1.46. The Bertz CT molecular complexity index is 363. The predicted octanol–water partition coefficient (Wildman–Crippen LogP) is 0.519. The summed E-state index contributed by atoms with van der Waals surface area (Å²) in [6, 6.07) is 2.00. The Kier molecular flexibility index (Phi) is 2.87. The summed E-state index contributed by atoms with van der Waals surface area (Å²) in [7, 11) is 0. The predicted molar refractivity (Wildman–Crippen MR) is 49.8 cm³/mol. The molecule has 0 spiro atoms. The summed E-state index contributed by atoms with van der Waals surface area (Å²) in [6.07, 6.45) is 0. The van der Waals surface area contributed by atoms with Crippen LogP contribution < -0.4 is 0 Å². The van der Waals surface area contributed by atoms with Gasteiger partial charge in [-0.1, -0.05) is 5.16 Å². The van der Waals surface area contributed by atoms with Gasteiger partial charge in [-0.15, -0.1) is 0 Å². The third-order valence-corrected chi connectivity index (χ3v) is 2.26. The van der Waals surface area contributed by atoms with Crippen LogP contribution in [0, 0.1) is 11.3 Å². The minimum Gasteiger partial charge on any atom is -0.410 e. The Morgan fingerprint density at radius 3 is 2.79 bits per heavy atom. The highest BCUT2D eigenvalue weighted by atomic mass is 16.4. The summed E-state index contributed by atoms with van der Waals surface area (Å²) in [5.74, 6) is -0.327. The zero-order valence-corrected chi connectivity index (χ0v) is 8.11. The molecule has 1 aliphatic rings. The molecule has 0 aromatic heterocycles. The van der Waals surface area contributed by atoms with Crippen molar-refractivity contribution in [1.29, 1.82) is 5.26 Å². The molecular weight excluding hydrogens is 182 g/mol. The SMILES string of the molecule is CCN1CC(C#N)=C(C)C(=NO)C1=O. The molecule has 14 heavy (non-hydrogen) atoms. The summed E-state index contributed by atoms with van der Waals surface area (Å²) in [6.45, 7) is 4.22. The second kappa shape index (κ2) is 3.92. The van der Waals surface area contributed by atoms with Gasteiger partial charge in [0, 0.05) is 6.54 Å². The highest BCUT2D eigenvalue weighted by Crippen LogP contribution is 2.15. The number of oxime groups is 1. The smallest absolute Gasteiger partial charge is 0.276 e. The fourth-order valence-electron chi connectivity index (χ4n) is 1.33. The summed E-state index contributed by atoms with van der Waals surface area (Å²) < 4.78 is 0. The minimum atomic E-state index is -0.327. The van der Waals surface area contributed by atoms with Crippen LogP contribution in [0.3, 0.4) is 0 Å². The maximum absolute atomic E-state index is 11.6. The number of hydrogen-bond acceptors (Lipinski definition) is 4. The van der Waals surface area contributed by atoms with E-state index in [9.17, 15) is 4.79 Å². The van der Waals surface area contributed by atoms with Gasteiger partial charge in [-0.25, -0.2) is 0 Å². The van der Waals surface area contributed by atoms with Crippen molar-refractivity contribution in [3.8, 4) is 6.07 Å². The van der Waals surface area contributed by atoms with Crippen LogP contribution in [0.1, 0.15) is 13.8 Å². The maximum atomic E-state index is 11.6. The van der Waals surface area contributed by atoms with E-state index in [1.807, 2.05) is 13.0 Å². The number of rotatable bonds is 1. The molecule has 5 heteroatoms. The molecule has 0 aromatic rings. The van der Waals surface area contributed by atoms with E-state index in [2.05, 4.69) is 5.16 Å². The second-order valence-corrected chi connectivity index (χ2v) is 2.98. The standard InChI is InChI=1S/C9H11N3O2/c1-3-12-5-7(4-10)6(2)8(11-14)9(12)13/h14H,3,5H2,1-2H3. The average Bonchev–Trinajstić information content (AvgIpc) is 2.19. The highest BCUT2D eigenvalue weighted by Gasteiger charge is 2.28. The molecule has 5 nitrogen and oxygen atoms in total. The van der Waals surface area contributed by atoms with E-state index in [-0.39, 0.29) is 11.6 Å². The van der Waals surface area contributed by atoms with E-state index in [1.165, 1.54) is 4.90 Å². The molecule has 0 fully saturated rings. The molecule has 74 valence electrons. The Labute approximate surface area is 81.9 Å². The van der Waals surface area contributed by atoms with Crippen LogP contribution in [-0.4, -0.2) is 34.8 Å². The molecule has 1 rings (SSSR count). The molecular formula is C9H11N3O2. The first-order valence-corrected chi connectivity index (χ1v) is 4.27. The minimum absolute atomic E-state index is 0.0327. The van der Waals surface area contributed by atoms with Gasteiger partial charge in [-0.05, 0) is 19.4 Å². The lowest BCUT2D eigenvalue weighted by Gasteiger charge is -2.26. The molecule has 0 radical (unpaired) electrons. The largest absolute Gasteiger partial charge is 0.410 e. The zero-order valence-electron chi connectivity index (χ0n) is 8.11. The van der Waals surface area contributed by atoms with Crippen molar-refractivity contribution < 1.29 is 10.0 Å². The van der Waals surface area contributed by atoms with Crippen molar-refractivity contribution in [3.05, 3.63) is 11.1 Å². The topological polar surface area (TPSA) is 76.7 Å². The molecule has 0 saturated heterocycles. The van der Waals surface area contributed by atoms with Crippen LogP contribution in [0.4, 0.5) is 0 Å². The highest BCUT2D eigenvalue weighted by molar-refractivity contribution is 6.45. The van der Waals surface area contributed by atoms with Crippen LogP contribution in [0.25, 0.3) is 0 Å². The van der Waals surface area contributed by atoms with Gasteiger partial charge in [0.25, 0.3) is 5.91 Å². The third-order valence-electron chi connectivity index (χ3n) is 2.26. The van der Waals surface area contributed by atoms with Crippen LogP contribution in [0.15, 0.2) is 16.3 Å². The van der Waals surface area contributed by atoms with Gasteiger partial charge in [0.05, 0.1) is 18.2 Å². The number of carbonyl (C=O) groups excluding carboxylic acids is 1. The Hall–Kier alpha value is -1.83. The lowest BCUT2D eigenvalue weighted by atomic mass is 10.00. The Morgan fingerprint density at radius 1 is 1.71 bits per heavy atom. The van der Waals surface area contributed by atoms with E-state index in [4.69, 9.17) is 10.5 Å². The molecule has 1 heterocycles. The molecule has 0 aliphatic carbocycles. The fraction of sp³-hybridized carbons (Fsp3) is 0.444. The second-order valence-electron chi connectivity index (χ2n) is 2.98. The molecule has 1 amide bonds. The van der Waals surface area contributed by atoms with Crippen molar-refractivity contribution >= 4 is 11.6 Å². The Balaban J connectivity index is 3.19. The molecule has 1 aliphatic heterocycles. The van der Waals surface area contributed by atoms with Crippen molar-refractivity contribution in [2.45, 2.75) is 13.8 Å². The van der Waals surface area contributed by atoms with Gasteiger partial charge < -0.3 is 10.1 Å². The zero-order chi connectivity index (χ0) is 10.7. The molecule has 0 unspecified atom stereocenters. The van der Waals surface area contributed by atoms with E-state index in [0.717, 1.165) is 0 Å². The first-order chi connectivity index (χ1) is 6.65. The quantitative estimate of drug-likeness (QED) is 0.487. The van der Waals surface area contributed by atoms with Crippen LogP contribution in [-0.2, 0) is 4.79 Å². The number of amides is 1. The van der Waals surface area contributed by atoms with Crippen molar-refractivity contribution in [3.63, 3.8) is 0 Å². The number of likely N-dealkylation sites (N-methyl/N-ethyl adjacent to an activating group) is 1. The van der Waals surface area contributed by atoms with Crippen molar-refractivity contribution in [2.75, 3.05) is 13.1 Å². The fourth-order valence-corrected chi connectivity index (χ4v) is 1.33. The molecule has 0 saturated carbocycles. The molecule has 1 N–H and O–H groups in total. The van der Waals surface area contributed by atoms with Crippen LogP contribution in [0.5, 0.6) is 0 Å². The first-order valence-electron chi connectivity index (χ1n) is 4.27. The van der Waals surface area contributed by atoms with E-state index >= 15 is 0 Å². The van der Waals surface area contributed by atoms with Crippen molar-refractivity contribution in [2.24, 2.45) is 5.16 Å². The molecule has 0 aromatic carbocycles. The molecule has 0 bridgehead atoms. The van der Waals surface area contributed by atoms with Gasteiger partial charge in [0.2, 0.25) is 0 Å². The van der Waals surface area contributed by atoms with Crippen LogP contribution >= 0.6 is 0 Å². The lowest BCUT2D eigenvalue weighted by Crippen LogP contribution is -2.42. The number of nitriles is 1. The van der Waals surface area contributed by atoms with E-state index < -0.39 is 0 Å². The lowest BCUT2D eigenvalue weighted by molar-refractivity contribution is -0.123. The normalized spacial score (nSPS) is 20.2. The Morgan fingerprint density at radius 2 is 2.36 bits per heavy atom. The number of hydrogen-bond donors (Lipinski definition) is 1. The molecule has 0 atom stereocenters. The van der Waals surface area contributed by atoms with Crippen molar-refractivity contribution in [1.82, 2.24) is 4.90 Å². The van der Waals surface area contributed by atoms with Gasteiger partial charge in [-0.2, -0.15) is 5.26 Å². The number of carbonyl (C=O) groups is 1. The summed E-state index contributed by atoms with van der Waals surface area (Å²) in [5.41, 5.74) is 0.901. The van der Waals surface area contributed by atoms with Gasteiger partial charge in [0.15, 0.2) is 5.71 Å². The summed E-state index contributed by atoms with van der Waals surface area (Å²) in [5, 5.41) is 20.4. The maximum Gasteiger partial charge on any atom is 0.276 e. The summed E-state index contributed by atoms with van der Waals surface area (Å²) in [4.78, 5) is 13.0. The number of nitrogens with zero attached hydrogens (tertiary/aromatic N) is 3. The average molecular weight is 193 g/mol. The van der Waals surface area contributed by atoms with E-state index in [1.54, 1.807) is 6.92 Å². The first kappa shape index (κ1) is 10.3.